The minimum Gasteiger partial charge on any atom is -0.481 e. The highest BCUT2D eigenvalue weighted by Crippen LogP contribution is 2.13. The third-order valence-electron chi connectivity index (χ3n) is 2.01. The van der Waals surface area contributed by atoms with Gasteiger partial charge in [0.2, 0.25) is 0 Å². The number of benzene rings is 1. The van der Waals surface area contributed by atoms with Gasteiger partial charge in [-0.25, -0.2) is 4.39 Å². The van der Waals surface area contributed by atoms with Gasteiger partial charge in [0.05, 0.1) is 6.42 Å². The molecule has 16 heavy (non-hydrogen) atoms. The molecule has 0 heterocycles. The van der Waals surface area contributed by atoms with E-state index in [0.717, 1.165) is 0 Å². The van der Waals surface area contributed by atoms with Crippen LogP contribution in [0.15, 0.2) is 24.3 Å². The van der Waals surface area contributed by atoms with E-state index in [-0.39, 0.29) is 13.0 Å². The van der Waals surface area contributed by atoms with Crippen LogP contribution in [0.2, 0.25) is 0 Å². The van der Waals surface area contributed by atoms with Crippen LogP contribution in [0.25, 0.3) is 6.08 Å². The molecule has 0 amide bonds. The van der Waals surface area contributed by atoms with Crippen LogP contribution in [-0.4, -0.2) is 22.8 Å². The smallest absolute Gasteiger partial charge is 0.307 e. The number of carbonyl (C=O) groups is 1. The number of aliphatic hydroxyl groups excluding tert-OH is 1. The lowest BCUT2D eigenvalue weighted by Crippen LogP contribution is -2.00. The van der Waals surface area contributed by atoms with Gasteiger partial charge in [0.1, 0.15) is 5.82 Å². The van der Waals surface area contributed by atoms with Crippen molar-refractivity contribution in [1.29, 1.82) is 0 Å². The van der Waals surface area contributed by atoms with Gasteiger partial charge in [-0.2, -0.15) is 0 Å². The number of carboxylic acids is 1. The first-order valence-electron chi connectivity index (χ1n) is 4.91. The quantitative estimate of drug-likeness (QED) is 0.802. The van der Waals surface area contributed by atoms with E-state index in [1.165, 1.54) is 12.1 Å². The molecule has 0 radical (unpaired) electrons. The van der Waals surface area contributed by atoms with Crippen LogP contribution >= 0.6 is 0 Å². The molecule has 3 nitrogen and oxygen atoms in total. The molecule has 0 atom stereocenters. The van der Waals surface area contributed by atoms with Crippen molar-refractivity contribution in [3.05, 3.63) is 41.2 Å². The van der Waals surface area contributed by atoms with Gasteiger partial charge in [0.25, 0.3) is 0 Å². The molecule has 0 spiro atoms. The first-order valence-corrected chi connectivity index (χ1v) is 4.91. The van der Waals surface area contributed by atoms with Crippen molar-refractivity contribution in [1.82, 2.24) is 0 Å². The zero-order valence-electron chi connectivity index (χ0n) is 8.69. The maximum atomic E-state index is 13.4. The lowest BCUT2D eigenvalue weighted by Gasteiger charge is -2.00. The molecule has 2 N–H and O–H groups in total. The molecule has 4 heteroatoms. The first-order chi connectivity index (χ1) is 7.63. The number of aliphatic carboxylic acids is 1. The summed E-state index contributed by atoms with van der Waals surface area (Å²) in [6.45, 7) is 0.0230. The zero-order valence-corrected chi connectivity index (χ0v) is 8.69. The maximum absolute atomic E-state index is 13.4. The van der Waals surface area contributed by atoms with E-state index in [2.05, 4.69) is 0 Å². The van der Waals surface area contributed by atoms with Gasteiger partial charge in [-0.1, -0.05) is 24.3 Å². The molecule has 0 aromatic heterocycles. The van der Waals surface area contributed by atoms with Crippen molar-refractivity contribution < 1.29 is 19.4 Å². The summed E-state index contributed by atoms with van der Waals surface area (Å²) in [6.07, 6.45) is 3.51. The molecule has 1 aromatic rings. The summed E-state index contributed by atoms with van der Waals surface area (Å²) < 4.78 is 13.4. The van der Waals surface area contributed by atoms with Crippen LogP contribution in [-0.2, 0) is 11.2 Å². The number of halogens is 1. The molecule has 1 aromatic carbocycles. The third kappa shape index (κ3) is 3.82. The SMILES string of the molecule is O=C(O)Cc1ccc(C=CCCO)c(F)c1. The van der Waals surface area contributed by atoms with E-state index in [1.54, 1.807) is 18.2 Å². The summed E-state index contributed by atoms with van der Waals surface area (Å²) in [4.78, 5) is 10.4. The average molecular weight is 224 g/mol. The fraction of sp³-hybridized carbons (Fsp3) is 0.250. The summed E-state index contributed by atoms with van der Waals surface area (Å²) in [6, 6.07) is 4.32. The van der Waals surface area contributed by atoms with Crippen LogP contribution < -0.4 is 0 Å². The van der Waals surface area contributed by atoms with Crippen LogP contribution in [0.4, 0.5) is 4.39 Å². The molecule has 0 unspecified atom stereocenters. The Hall–Kier alpha value is -1.68. The predicted octanol–water partition coefficient (Wildman–Crippen LogP) is 1.85. The van der Waals surface area contributed by atoms with Crippen molar-refractivity contribution >= 4 is 12.0 Å². The molecule has 0 aliphatic heterocycles. The Morgan fingerprint density at radius 1 is 1.44 bits per heavy atom. The summed E-state index contributed by atoms with van der Waals surface area (Å²) in [5.74, 6) is -1.43. The van der Waals surface area contributed by atoms with E-state index in [0.29, 0.717) is 17.5 Å². The Morgan fingerprint density at radius 2 is 2.19 bits per heavy atom. The van der Waals surface area contributed by atoms with Crippen molar-refractivity contribution in [3.8, 4) is 0 Å². The molecule has 0 fully saturated rings. The normalized spacial score (nSPS) is 10.9. The summed E-state index contributed by atoms with van der Waals surface area (Å²) in [5.41, 5.74) is 0.826. The molecule has 0 aliphatic carbocycles. The summed E-state index contributed by atoms with van der Waals surface area (Å²) in [7, 11) is 0. The molecular formula is C12H13FO3. The highest BCUT2D eigenvalue weighted by atomic mass is 19.1. The number of aliphatic hydroxyl groups is 1. The number of carboxylic acid groups (broad SMARTS) is 1. The first kappa shape index (κ1) is 12.4. The van der Waals surface area contributed by atoms with E-state index >= 15 is 0 Å². The van der Waals surface area contributed by atoms with Gasteiger partial charge in [-0.3, -0.25) is 4.79 Å². The molecule has 0 saturated heterocycles. The van der Waals surface area contributed by atoms with Gasteiger partial charge in [-0.05, 0) is 18.1 Å². The number of hydrogen-bond donors (Lipinski definition) is 2. The molecular weight excluding hydrogens is 211 g/mol. The molecule has 1 rings (SSSR count). The van der Waals surface area contributed by atoms with Crippen molar-refractivity contribution in [2.24, 2.45) is 0 Å². The lowest BCUT2D eigenvalue weighted by molar-refractivity contribution is -0.136. The lowest BCUT2D eigenvalue weighted by atomic mass is 10.1. The molecule has 0 bridgehead atoms. The van der Waals surface area contributed by atoms with Gasteiger partial charge in [0, 0.05) is 12.2 Å². The van der Waals surface area contributed by atoms with Crippen LogP contribution in [0.3, 0.4) is 0 Å². The van der Waals surface area contributed by atoms with Crippen LogP contribution in [0.1, 0.15) is 17.5 Å². The Kier molecular flexibility index (Phi) is 4.66. The standard InChI is InChI=1S/C12H13FO3/c13-11-7-9(8-12(15)16)4-5-10(11)3-1-2-6-14/h1,3-5,7,14H,2,6,8H2,(H,15,16). The minimum atomic E-state index is -0.983. The van der Waals surface area contributed by atoms with Crippen molar-refractivity contribution in [2.45, 2.75) is 12.8 Å². The van der Waals surface area contributed by atoms with Gasteiger partial charge < -0.3 is 10.2 Å². The minimum absolute atomic E-state index is 0.0230. The average Bonchev–Trinajstić information content (AvgIpc) is 2.20. The van der Waals surface area contributed by atoms with Crippen molar-refractivity contribution in [3.63, 3.8) is 0 Å². The highest BCUT2D eigenvalue weighted by Gasteiger charge is 2.04. The Bertz CT molecular complexity index is 399. The Morgan fingerprint density at radius 3 is 2.75 bits per heavy atom. The van der Waals surface area contributed by atoms with E-state index in [4.69, 9.17) is 10.2 Å². The van der Waals surface area contributed by atoms with Gasteiger partial charge in [0.15, 0.2) is 0 Å². The maximum Gasteiger partial charge on any atom is 0.307 e. The van der Waals surface area contributed by atoms with Crippen LogP contribution in [0.5, 0.6) is 0 Å². The summed E-state index contributed by atoms with van der Waals surface area (Å²) in [5, 5.41) is 17.1. The Balaban J connectivity index is 2.79. The highest BCUT2D eigenvalue weighted by molar-refractivity contribution is 5.70. The second-order valence-electron chi connectivity index (χ2n) is 3.34. The van der Waals surface area contributed by atoms with E-state index in [9.17, 15) is 9.18 Å². The fourth-order valence-electron chi connectivity index (χ4n) is 1.28. The number of hydrogen-bond acceptors (Lipinski definition) is 2. The van der Waals surface area contributed by atoms with Crippen LogP contribution in [0, 0.1) is 5.82 Å². The molecule has 0 saturated carbocycles. The summed E-state index contributed by atoms with van der Waals surface area (Å²) >= 11 is 0. The second kappa shape index (κ2) is 6.02. The molecule has 0 aliphatic rings. The van der Waals surface area contributed by atoms with E-state index < -0.39 is 11.8 Å². The predicted molar refractivity (Wildman–Crippen MR) is 58.5 cm³/mol. The fourth-order valence-corrected chi connectivity index (χ4v) is 1.28. The molecule has 86 valence electrons. The third-order valence-corrected chi connectivity index (χ3v) is 2.01. The second-order valence-corrected chi connectivity index (χ2v) is 3.34. The Labute approximate surface area is 92.8 Å². The number of rotatable bonds is 5. The zero-order chi connectivity index (χ0) is 12.0. The largest absolute Gasteiger partial charge is 0.481 e. The van der Waals surface area contributed by atoms with Gasteiger partial charge >= 0.3 is 5.97 Å². The van der Waals surface area contributed by atoms with E-state index in [1.807, 2.05) is 0 Å². The van der Waals surface area contributed by atoms with Gasteiger partial charge in [-0.15, -0.1) is 0 Å². The topological polar surface area (TPSA) is 57.5 Å². The van der Waals surface area contributed by atoms with Crippen molar-refractivity contribution in [2.75, 3.05) is 6.61 Å². The monoisotopic (exact) mass is 224 g/mol.